The van der Waals surface area contributed by atoms with Crippen LogP contribution in [0.15, 0.2) is 15.8 Å². The van der Waals surface area contributed by atoms with Crippen molar-refractivity contribution in [3.8, 4) is 5.75 Å². The van der Waals surface area contributed by atoms with Crippen LogP contribution in [0.5, 0.6) is 5.75 Å². The average Bonchev–Trinajstić information content (AvgIpc) is 2.50. The van der Waals surface area contributed by atoms with Gasteiger partial charge in [0.15, 0.2) is 11.6 Å². The fourth-order valence-corrected chi connectivity index (χ4v) is 4.47. The fourth-order valence-electron chi connectivity index (χ4n) is 3.18. The number of halogens is 1. The monoisotopic (exact) mass is 338 g/mol. The van der Waals surface area contributed by atoms with Gasteiger partial charge in [-0.2, -0.15) is 0 Å². The van der Waals surface area contributed by atoms with E-state index in [1.54, 1.807) is 0 Å². The van der Waals surface area contributed by atoms with Crippen molar-refractivity contribution in [1.82, 2.24) is 9.88 Å². The number of amides is 1. The first-order valence-electron chi connectivity index (χ1n) is 7.51. The van der Waals surface area contributed by atoms with E-state index in [9.17, 15) is 19.1 Å². The molecule has 5 nitrogen and oxygen atoms in total. The Morgan fingerprint density at radius 3 is 2.78 bits per heavy atom. The Morgan fingerprint density at radius 2 is 2.22 bits per heavy atom. The van der Waals surface area contributed by atoms with Crippen LogP contribution in [0.2, 0.25) is 0 Å². The Bertz CT molecular complexity index is 787. The van der Waals surface area contributed by atoms with E-state index in [1.165, 1.54) is 31.3 Å². The summed E-state index contributed by atoms with van der Waals surface area (Å²) in [4.78, 5) is 24.4. The van der Waals surface area contributed by atoms with Gasteiger partial charge in [0.2, 0.25) is 0 Å². The summed E-state index contributed by atoms with van der Waals surface area (Å²) in [6, 6.07) is 0. The molecule has 0 radical (unpaired) electrons. The van der Waals surface area contributed by atoms with E-state index in [0.29, 0.717) is 5.92 Å². The van der Waals surface area contributed by atoms with E-state index in [2.05, 4.69) is 5.32 Å². The van der Waals surface area contributed by atoms with Crippen molar-refractivity contribution in [2.45, 2.75) is 38.0 Å². The van der Waals surface area contributed by atoms with E-state index in [-0.39, 0.29) is 5.69 Å². The number of rotatable bonds is 2. The number of hydrogen-bond donors (Lipinski definition) is 2. The summed E-state index contributed by atoms with van der Waals surface area (Å²) in [5, 5.41) is 14.8. The molecule has 2 aliphatic rings. The minimum Gasteiger partial charge on any atom is -0.504 e. The van der Waals surface area contributed by atoms with Gasteiger partial charge in [-0.1, -0.05) is 5.57 Å². The van der Waals surface area contributed by atoms with Gasteiger partial charge in [0, 0.05) is 7.05 Å². The third-order valence-corrected chi connectivity index (χ3v) is 6.48. The van der Waals surface area contributed by atoms with Crippen molar-refractivity contribution in [3.63, 3.8) is 0 Å². The molecule has 1 aromatic heterocycles. The molecule has 0 saturated heterocycles. The van der Waals surface area contributed by atoms with Gasteiger partial charge in [-0.15, -0.1) is 11.8 Å². The lowest BCUT2D eigenvalue weighted by Crippen LogP contribution is -2.58. The SMILES string of the molecule is CC1=CSC2(NC(=O)c3c(O)c(F)c(C)n(C)c3=O)CCC2C1. The number of carbonyl (C=O) groups excluding carboxylic acids is 1. The Labute approximate surface area is 137 Å². The summed E-state index contributed by atoms with van der Waals surface area (Å²) < 4.78 is 15.0. The van der Waals surface area contributed by atoms with Gasteiger partial charge >= 0.3 is 0 Å². The first-order valence-corrected chi connectivity index (χ1v) is 8.39. The molecule has 1 saturated carbocycles. The zero-order valence-corrected chi connectivity index (χ0v) is 14.1. The number of allylic oxidation sites excluding steroid dienone is 1. The van der Waals surface area contributed by atoms with Crippen molar-refractivity contribution >= 4 is 17.7 Å². The summed E-state index contributed by atoms with van der Waals surface area (Å²) in [6.07, 6.45) is 2.71. The summed E-state index contributed by atoms with van der Waals surface area (Å²) in [6.45, 7) is 3.43. The fraction of sp³-hybridized carbons (Fsp3) is 0.500. The van der Waals surface area contributed by atoms with Gasteiger partial charge in [-0.05, 0) is 44.4 Å². The molecule has 1 aliphatic heterocycles. The second kappa shape index (κ2) is 5.40. The van der Waals surface area contributed by atoms with Crippen LogP contribution in [0, 0.1) is 18.7 Å². The van der Waals surface area contributed by atoms with Crippen LogP contribution in [0.1, 0.15) is 42.2 Å². The molecule has 0 bridgehead atoms. The van der Waals surface area contributed by atoms with Crippen molar-refractivity contribution in [2.75, 3.05) is 0 Å². The highest BCUT2D eigenvalue weighted by atomic mass is 32.2. The van der Waals surface area contributed by atoms with E-state index in [4.69, 9.17) is 0 Å². The molecular weight excluding hydrogens is 319 g/mol. The minimum absolute atomic E-state index is 0.00525. The summed E-state index contributed by atoms with van der Waals surface area (Å²) in [5.74, 6) is -2.22. The second-order valence-corrected chi connectivity index (χ2v) is 7.55. The van der Waals surface area contributed by atoms with Crippen molar-refractivity contribution in [1.29, 1.82) is 0 Å². The van der Waals surface area contributed by atoms with Gasteiger partial charge in [0.05, 0.1) is 10.6 Å². The molecule has 2 atom stereocenters. The molecule has 1 amide bonds. The molecule has 1 aliphatic carbocycles. The van der Waals surface area contributed by atoms with Crippen molar-refractivity contribution < 1.29 is 14.3 Å². The van der Waals surface area contributed by atoms with Crippen LogP contribution in [0.3, 0.4) is 0 Å². The van der Waals surface area contributed by atoms with Gasteiger partial charge in [-0.25, -0.2) is 4.39 Å². The van der Waals surface area contributed by atoms with E-state index >= 15 is 0 Å². The van der Waals surface area contributed by atoms with Gasteiger partial charge in [-0.3, -0.25) is 9.59 Å². The Hall–Kier alpha value is -1.76. The molecule has 23 heavy (non-hydrogen) atoms. The van der Waals surface area contributed by atoms with Crippen LogP contribution < -0.4 is 10.9 Å². The Kier molecular flexibility index (Phi) is 3.78. The lowest BCUT2D eigenvalue weighted by Gasteiger charge is -2.51. The highest BCUT2D eigenvalue weighted by molar-refractivity contribution is 8.03. The number of aromatic nitrogens is 1. The Balaban J connectivity index is 1.95. The summed E-state index contributed by atoms with van der Waals surface area (Å²) in [7, 11) is 1.38. The first kappa shape index (κ1) is 16.1. The predicted octanol–water partition coefficient (Wildman–Crippen LogP) is 2.42. The van der Waals surface area contributed by atoms with Crippen LogP contribution in [0.25, 0.3) is 0 Å². The zero-order valence-electron chi connectivity index (χ0n) is 13.3. The van der Waals surface area contributed by atoms with E-state index in [0.717, 1.165) is 23.8 Å². The van der Waals surface area contributed by atoms with Crippen molar-refractivity contribution in [2.24, 2.45) is 13.0 Å². The molecule has 2 unspecified atom stereocenters. The molecule has 1 fully saturated rings. The molecule has 3 rings (SSSR count). The maximum atomic E-state index is 14.0. The molecular formula is C16H19FN2O3S. The molecule has 124 valence electrons. The van der Waals surface area contributed by atoms with Gasteiger partial charge < -0.3 is 15.0 Å². The van der Waals surface area contributed by atoms with Crippen LogP contribution in [0.4, 0.5) is 4.39 Å². The highest BCUT2D eigenvalue weighted by Gasteiger charge is 2.50. The molecule has 1 aromatic rings. The predicted molar refractivity (Wildman–Crippen MR) is 86.9 cm³/mol. The lowest BCUT2D eigenvalue weighted by molar-refractivity contribution is 0.0830. The summed E-state index contributed by atoms with van der Waals surface area (Å²) in [5.41, 5.74) is 0.0419. The number of nitrogens with one attached hydrogen (secondary N) is 1. The maximum Gasteiger partial charge on any atom is 0.267 e. The van der Waals surface area contributed by atoms with Gasteiger partial charge in [0.1, 0.15) is 5.56 Å². The second-order valence-electron chi connectivity index (χ2n) is 6.35. The third kappa shape index (κ3) is 2.38. The maximum absolute atomic E-state index is 14.0. The van der Waals surface area contributed by atoms with Crippen molar-refractivity contribution in [3.05, 3.63) is 38.4 Å². The number of aromatic hydroxyl groups is 1. The normalized spacial score (nSPS) is 26.1. The number of thioether (sulfide) groups is 1. The average molecular weight is 338 g/mol. The summed E-state index contributed by atoms with van der Waals surface area (Å²) >= 11 is 1.54. The third-order valence-electron chi connectivity index (χ3n) is 4.90. The molecule has 7 heteroatoms. The number of pyridine rings is 1. The van der Waals surface area contributed by atoms with Crippen LogP contribution in [-0.2, 0) is 7.05 Å². The quantitative estimate of drug-likeness (QED) is 0.869. The standard InChI is InChI=1S/C16H19FN2O3S/c1-8-6-10-4-5-16(10,23-7-8)18-14(21)11-13(20)12(17)9(2)19(3)15(11)22/h7,10,20H,4-6H2,1-3H3,(H,18,21). The number of fused-ring (bicyclic) bond motifs is 1. The topological polar surface area (TPSA) is 71.3 Å². The first-order chi connectivity index (χ1) is 10.8. The number of hydrogen-bond acceptors (Lipinski definition) is 4. The number of nitrogens with zero attached hydrogens (tertiary/aromatic N) is 1. The molecule has 0 aromatic carbocycles. The molecule has 0 spiro atoms. The van der Waals surface area contributed by atoms with E-state index in [1.807, 2.05) is 12.3 Å². The van der Waals surface area contributed by atoms with Gasteiger partial charge in [0.25, 0.3) is 11.5 Å². The highest BCUT2D eigenvalue weighted by Crippen LogP contribution is 2.53. The molecule has 2 heterocycles. The van der Waals surface area contributed by atoms with Crippen LogP contribution >= 0.6 is 11.8 Å². The Morgan fingerprint density at radius 1 is 1.52 bits per heavy atom. The largest absolute Gasteiger partial charge is 0.504 e. The minimum atomic E-state index is -0.938. The number of carbonyl (C=O) groups is 1. The lowest BCUT2D eigenvalue weighted by atomic mass is 9.74. The van der Waals surface area contributed by atoms with E-state index < -0.39 is 33.5 Å². The van der Waals surface area contributed by atoms with Crippen LogP contribution in [-0.4, -0.2) is 20.5 Å². The zero-order chi connectivity index (χ0) is 16.9. The molecule has 2 N–H and O–H groups in total. The smallest absolute Gasteiger partial charge is 0.267 e.